The molecule has 84 valence electrons. The van der Waals surface area contributed by atoms with Crippen LogP contribution in [0.5, 0.6) is 0 Å². The third-order valence-corrected chi connectivity index (χ3v) is 3.29. The Hall–Kier alpha value is 0.541. The van der Waals surface area contributed by atoms with E-state index in [1.165, 1.54) is 0 Å². The fourth-order valence-electron chi connectivity index (χ4n) is 1.45. The summed E-state index contributed by atoms with van der Waals surface area (Å²) >= 11 is 0.845. The first-order valence-electron chi connectivity index (χ1n) is 4.87. The summed E-state index contributed by atoms with van der Waals surface area (Å²) in [6, 6.07) is 13.0. The Balaban J connectivity index is 0.00000144. The number of benzene rings is 2. The van der Waals surface area contributed by atoms with Crippen LogP contribution < -0.4 is 51.4 Å². The van der Waals surface area contributed by atoms with Gasteiger partial charge in [-0.1, -0.05) is 30.3 Å². The second-order valence-electron chi connectivity index (χ2n) is 3.53. The summed E-state index contributed by atoms with van der Waals surface area (Å²) in [4.78, 5) is 0.665. The molecule has 0 unspecified atom stereocenters. The summed E-state index contributed by atoms with van der Waals surface area (Å²) in [7, 11) is 0. The topological polar surface area (TPSA) is 0 Å². The van der Waals surface area contributed by atoms with Gasteiger partial charge in [0.15, 0.2) is 0 Å². The number of thioether (sulfide) groups is 1. The van der Waals surface area contributed by atoms with Crippen molar-refractivity contribution in [1.82, 2.24) is 0 Å². The summed E-state index contributed by atoms with van der Waals surface area (Å²) in [5.41, 5.74) is -0.779. The van der Waals surface area contributed by atoms with Crippen molar-refractivity contribution < 1.29 is 64.3 Å². The third-order valence-electron chi connectivity index (χ3n) is 2.16. The van der Waals surface area contributed by atoms with E-state index < -0.39 is 12.6 Å². The van der Waals surface area contributed by atoms with E-state index in [-0.39, 0.29) is 51.4 Å². The van der Waals surface area contributed by atoms with Crippen molar-refractivity contribution in [3.05, 3.63) is 42.5 Å². The molecule has 0 saturated carbocycles. The molecule has 0 N–H and O–H groups in total. The molecule has 0 aromatic heterocycles. The van der Waals surface area contributed by atoms with E-state index in [4.69, 9.17) is 0 Å². The summed E-state index contributed by atoms with van der Waals surface area (Å²) in [5.74, 6) is 0. The first-order chi connectivity index (χ1) is 7.54. The zero-order valence-electron chi connectivity index (χ0n) is 9.37. The SMILES string of the molecule is F[B-](F)(F)CSc1ccc2ccccc2c1.[K+]. The molecule has 0 atom stereocenters. The van der Waals surface area contributed by atoms with Crippen LogP contribution in [0.15, 0.2) is 47.4 Å². The van der Waals surface area contributed by atoms with Gasteiger partial charge in [0.05, 0.1) is 0 Å². The molecule has 0 aliphatic carbocycles. The van der Waals surface area contributed by atoms with Gasteiger partial charge in [0.2, 0.25) is 0 Å². The number of hydrogen-bond acceptors (Lipinski definition) is 1. The predicted octanol–water partition coefficient (Wildman–Crippen LogP) is 1.32. The Bertz CT molecular complexity index is 501. The molecule has 6 heteroatoms. The van der Waals surface area contributed by atoms with Gasteiger partial charge in [-0.05, 0) is 28.6 Å². The Morgan fingerprint density at radius 2 is 1.59 bits per heavy atom. The Labute approximate surface area is 145 Å². The second kappa shape index (κ2) is 6.63. The van der Waals surface area contributed by atoms with Crippen LogP contribution >= 0.6 is 11.8 Å². The van der Waals surface area contributed by atoms with E-state index >= 15 is 0 Å². The van der Waals surface area contributed by atoms with Crippen molar-refractivity contribution in [2.24, 2.45) is 0 Å². The third kappa shape index (κ3) is 4.97. The standard InChI is InChI=1S/C11H9BF3S.K/c13-12(14,15)8-16-11-6-5-9-3-1-2-4-10(9)7-11;/h1-7H,8H2;/q-1;+1. The Morgan fingerprint density at radius 1 is 0.941 bits per heavy atom. The maximum atomic E-state index is 12.1. The van der Waals surface area contributed by atoms with E-state index in [1.54, 1.807) is 12.1 Å². The van der Waals surface area contributed by atoms with Crippen molar-refractivity contribution in [3.8, 4) is 0 Å². The second-order valence-corrected chi connectivity index (χ2v) is 4.62. The van der Waals surface area contributed by atoms with Crippen LogP contribution in [0.3, 0.4) is 0 Å². The molecule has 0 amide bonds. The van der Waals surface area contributed by atoms with Crippen LogP contribution in [0.2, 0.25) is 0 Å². The number of fused-ring (bicyclic) bond motifs is 1. The van der Waals surface area contributed by atoms with Crippen LogP contribution in [-0.4, -0.2) is 12.6 Å². The van der Waals surface area contributed by atoms with Crippen molar-refractivity contribution in [2.45, 2.75) is 4.90 Å². The fourth-order valence-corrected chi connectivity index (χ4v) is 2.20. The molecule has 0 saturated heterocycles. The van der Waals surface area contributed by atoms with Gasteiger partial charge >= 0.3 is 58.4 Å². The van der Waals surface area contributed by atoms with Crippen molar-refractivity contribution in [3.63, 3.8) is 0 Å². The van der Waals surface area contributed by atoms with Gasteiger partial charge in [-0.2, -0.15) is 11.8 Å². The van der Waals surface area contributed by atoms with Crippen LogP contribution in [0.4, 0.5) is 12.9 Å². The zero-order valence-corrected chi connectivity index (χ0v) is 13.3. The zero-order chi connectivity index (χ0) is 11.6. The predicted molar refractivity (Wildman–Crippen MR) is 63.8 cm³/mol. The Morgan fingerprint density at radius 3 is 2.24 bits per heavy atom. The molecular formula is C11H9BF3KS. The molecule has 2 aromatic carbocycles. The Kier molecular flexibility index (Phi) is 6.09. The van der Waals surface area contributed by atoms with E-state index in [9.17, 15) is 12.9 Å². The molecule has 0 fully saturated rings. The molecule has 0 aliphatic rings. The molecule has 0 spiro atoms. The molecule has 2 rings (SSSR count). The summed E-state index contributed by atoms with van der Waals surface area (Å²) in [6.07, 6.45) is 0. The van der Waals surface area contributed by atoms with Crippen LogP contribution in [0, 0.1) is 0 Å². The maximum absolute atomic E-state index is 12.1. The van der Waals surface area contributed by atoms with Gasteiger partial charge < -0.3 is 12.9 Å². The molecule has 0 aliphatic heterocycles. The molecule has 0 heterocycles. The van der Waals surface area contributed by atoms with Gasteiger partial charge in [-0.15, -0.1) is 0 Å². The van der Waals surface area contributed by atoms with Crippen LogP contribution in [-0.2, 0) is 0 Å². The van der Waals surface area contributed by atoms with Gasteiger partial charge in [0, 0.05) is 4.90 Å². The fraction of sp³-hybridized carbons (Fsp3) is 0.0909. The minimum Gasteiger partial charge on any atom is -0.448 e. The summed E-state index contributed by atoms with van der Waals surface area (Å²) in [5, 5.41) is 2.02. The van der Waals surface area contributed by atoms with Crippen molar-refractivity contribution in [1.29, 1.82) is 0 Å². The molecule has 2 aromatic rings. The molecule has 0 bridgehead atoms. The summed E-state index contributed by atoms with van der Waals surface area (Å²) < 4.78 is 36.3. The van der Waals surface area contributed by atoms with E-state index in [1.807, 2.05) is 30.3 Å². The normalized spacial score (nSPS) is 11.2. The molecule has 0 nitrogen and oxygen atoms in total. The minimum absolute atomic E-state index is 0. The smallest absolute Gasteiger partial charge is 0.448 e. The first kappa shape index (κ1) is 15.6. The quantitative estimate of drug-likeness (QED) is 0.603. The van der Waals surface area contributed by atoms with Crippen LogP contribution in [0.1, 0.15) is 0 Å². The number of halogens is 3. The van der Waals surface area contributed by atoms with Gasteiger partial charge in [-0.25, -0.2) is 0 Å². The average molecular weight is 280 g/mol. The van der Waals surface area contributed by atoms with E-state index in [0.29, 0.717) is 4.90 Å². The maximum Gasteiger partial charge on any atom is 1.00 e. The van der Waals surface area contributed by atoms with E-state index in [0.717, 1.165) is 22.5 Å². The van der Waals surface area contributed by atoms with Gasteiger partial charge in [0.1, 0.15) is 0 Å². The minimum atomic E-state index is -4.71. The van der Waals surface area contributed by atoms with Gasteiger partial charge in [0.25, 0.3) is 0 Å². The number of rotatable bonds is 3. The van der Waals surface area contributed by atoms with E-state index in [2.05, 4.69) is 0 Å². The molecular weight excluding hydrogens is 271 g/mol. The van der Waals surface area contributed by atoms with Gasteiger partial charge in [-0.3, -0.25) is 0 Å². The molecule has 17 heavy (non-hydrogen) atoms. The largest absolute Gasteiger partial charge is 1.00 e. The number of hydrogen-bond donors (Lipinski definition) is 0. The summed E-state index contributed by atoms with van der Waals surface area (Å²) in [6.45, 7) is -4.71. The molecule has 0 radical (unpaired) electrons. The van der Waals surface area contributed by atoms with Crippen molar-refractivity contribution >= 4 is 29.5 Å². The first-order valence-corrected chi connectivity index (χ1v) is 5.86. The van der Waals surface area contributed by atoms with Crippen molar-refractivity contribution in [2.75, 3.05) is 5.65 Å². The van der Waals surface area contributed by atoms with Crippen LogP contribution in [0.25, 0.3) is 10.8 Å². The monoisotopic (exact) mass is 280 g/mol. The average Bonchev–Trinajstić information content (AvgIpc) is 2.25.